The van der Waals surface area contributed by atoms with Crippen LogP contribution in [0.2, 0.25) is 0 Å². The molecule has 1 aromatic heterocycles. The molecule has 0 aliphatic carbocycles. The van der Waals surface area contributed by atoms with Crippen LogP contribution in [0.25, 0.3) is 0 Å². The number of rotatable bonds is 6. The molecule has 0 fully saturated rings. The minimum atomic E-state index is -3.80. The summed E-state index contributed by atoms with van der Waals surface area (Å²) in [5, 5.41) is 3.03. The Morgan fingerprint density at radius 2 is 1.76 bits per heavy atom. The van der Waals surface area contributed by atoms with Crippen molar-refractivity contribution >= 4 is 21.6 Å². The van der Waals surface area contributed by atoms with Gasteiger partial charge >= 0.3 is 0 Å². The topological polar surface area (TPSA) is 84.3 Å². The van der Waals surface area contributed by atoms with Crippen LogP contribution in [0, 0.1) is 0 Å². The molecule has 1 aliphatic heterocycles. The van der Waals surface area contributed by atoms with E-state index < -0.39 is 16.1 Å². The van der Waals surface area contributed by atoms with Gasteiger partial charge in [0.05, 0.1) is 10.6 Å². The van der Waals surface area contributed by atoms with Gasteiger partial charge in [-0.2, -0.15) is 0 Å². The quantitative estimate of drug-likeness (QED) is 0.464. The molecule has 0 saturated carbocycles. The Kier molecular flexibility index (Phi) is 5.67. The number of fused-ring (bicyclic) bond motifs is 1. The largest absolute Gasteiger partial charge is 0.338 e. The number of hydrogen-bond donors (Lipinski definition) is 1. The zero-order valence-corrected chi connectivity index (χ0v) is 19.4. The van der Waals surface area contributed by atoms with Crippen molar-refractivity contribution in [1.82, 2.24) is 14.9 Å². The molecule has 1 amide bonds. The van der Waals surface area contributed by atoms with Crippen molar-refractivity contribution in [3.8, 4) is 0 Å². The fourth-order valence-electron chi connectivity index (χ4n) is 4.29. The summed E-state index contributed by atoms with van der Waals surface area (Å²) in [4.78, 5) is 17.8. The number of nitrogens with one attached hydrogen (secondary N) is 1. The van der Waals surface area contributed by atoms with Crippen LogP contribution < -0.4 is 9.62 Å². The van der Waals surface area contributed by atoms with Gasteiger partial charge in [-0.1, -0.05) is 54.6 Å². The highest BCUT2D eigenvalue weighted by molar-refractivity contribution is 7.92. The average molecular weight is 473 g/mol. The van der Waals surface area contributed by atoms with E-state index in [1.54, 1.807) is 18.3 Å². The lowest BCUT2D eigenvalue weighted by atomic mass is 10.1. The smallest absolute Gasteiger partial charge is 0.264 e. The molecule has 0 saturated heterocycles. The van der Waals surface area contributed by atoms with E-state index in [2.05, 4.69) is 10.3 Å². The summed E-state index contributed by atoms with van der Waals surface area (Å²) in [5.41, 5.74) is 2.84. The van der Waals surface area contributed by atoms with Crippen molar-refractivity contribution in [2.75, 3.05) is 10.8 Å². The van der Waals surface area contributed by atoms with Gasteiger partial charge in [0, 0.05) is 31.5 Å². The van der Waals surface area contributed by atoms with Crippen LogP contribution in [0.5, 0.6) is 0 Å². The second kappa shape index (κ2) is 8.79. The fourth-order valence-corrected chi connectivity index (χ4v) is 5.84. The molecule has 0 unspecified atom stereocenters. The Morgan fingerprint density at radius 3 is 2.53 bits per heavy atom. The number of benzene rings is 3. The highest BCUT2D eigenvalue weighted by Crippen LogP contribution is 2.33. The molecule has 0 bridgehead atoms. The molecule has 0 radical (unpaired) electrons. The third kappa shape index (κ3) is 3.97. The van der Waals surface area contributed by atoms with Gasteiger partial charge in [0.1, 0.15) is 11.9 Å². The summed E-state index contributed by atoms with van der Waals surface area (Å²) in [7, 11) is -1.94. The summed E-state index contributed by atoms with van der Waals surface area (Å²) in [6.45, 7) is 0.382. The van der Waals surface area contributed by atoms with Gasteiger partial charge in [0.25, 0.3) is 15.9 Å². The number of aryl methyl sites for hydroxylation is 1. The van der Waals surface area contributed by atoms with Gasteiger partial charge in [-0.15, -0.1) is 0 Å². The zero-order valence-electron chi connectivity index (χ0n) is 18.6. The third-order valence-electron chi connectivity index (χ3n) is 6.05. The van der Waals surface area contributed by atoms with Crippen LogP contribution in [0.1, 0.15) is 33.4 Å². The number of nitrogens with zero attached hydrogens (tertiary/aromatic N) is 3. The Bertz CT molecular complexity index is 1450. The Labute approximate surface area is 198 Å². The van der Waals surface area contributed by atoms with Crippen molar-refractivity contribution in [3.05, 3.63) is 114 Å². The van der Waals surface area contributed by atoms with E-state index in [0.29, 0.717) is 24.5 Å². The maximum atomic E-state index is 13.4. The summed E-state index contributed by atoms with van der Waals surface area (Å²) >= 11 is 0. The number of amides is 1. The van der Waals surface area contributed by atoms with Crippen LogP contribution in [-0.2, 0) is 23.5 Å². The molecule has 5 rings (SSSR count). The minimum Gasteiger partial charge on any atom is -0.338 e. The van der Waals surface area contributed by atoms with Gasteiger partial charge < -0.3 is 9.88 Å². The second-order valence-electron chi connectivity index (χ2n) is 8.20. The molecule has 7 nitrogen and oxygen atoms in total. The first-order chi connectivity index (χ1) is 16.4. The van der Waals surface area contributed by atoms with Gasteiger partial charge in [0.15, 0.2) is 0 Å². The lowest BCUT2D eigenvalue weighted by Gasteiger charge is -2.21. The highest BCUT2D eigenvalue weighted by atomic mass is 32.2. The number of aromatic nitrogens is 2. The van der Waals surface area contributed by atoms with E-state index >= 15 is 0 Å². The van der Waals surface area contributed by atoms with E-state index in [1.807, 2.05) is 72.4 Å². The molecular weight excluding hydrogens is 448 g/mol. The van der Waals surface area contributed by atoms with Crippen molar-refractivity contribution in [2.45, 2.75) is 17.4 Å². The normalized spacial score (nSPS) is 14.0. The first kappa shape index (κ1) is 21.9. The van der Waals surface area contributed by atoms with Gasteiger partial charge in [0.2, 0.25) is 0 Å². The molecule has 4 aromatic rings. The highest BCUT2D eigenvalue weighted by Gasteiger charge is 2.31. The molecule has 1 atom stereocenters. The minimum absolute atomic E-state index is 0.0881. The first-order valence-corrected chi connectivity index (χ1v) is 12.4. The number of carbonyl (C=O) groups excluding carboxylic acids is 1. The number of anilines is 1. The number of sulfonamides is 1. The van der Waals surface area contributed by atoms with Crippen molar-refractivity contribution in [3.63, 3.8) is 0 Å². The maximum Gasteiger partial charge on any atom is 0.264 e. The summed E-state index contributed by atoms with van der Waals surface area (Å²) in [5.74, 6) is 0.299. The van der Waals surface area contributed by atoms with Gasteiger partial charge in [-0.05, 0) is 41.8 Å². The number of para-hydroxylation sites is 1. The molecule has 1 N–H and O–H groups in total. The number of imidazole rings is 1. The molecule has 0 spiro atoms. The van der Waals surface area contributed by atoms with E-state index in [1.165, 1.54) is 16.4 Å². The van der Waals surface area contributed by atoms with Gasteiger partial charge in [-0.3, -0.25) is 9.10 Å². The standard InChI is InChI=1S/C26H24N4O3S/c1-29-17-15-27-25(29)24(20-9-3-2-4-10-20)28-26(31)21-11-7-12-22(18-21)34(32,33)30-16-14-19-8-5-6-13-23(19)30/h2-13,15,17-18,24H,14,16H2,1H3,(H,28,31)/t24-/m0/s1. The third-order valence-corrected chi connectivity index (χ3v) is 7.86. The zero-order chi connectivity index (χ0) is 23.7. The SMILES string of the molecule is Cn1ccnc1[C@@H](NC(=O)c1cccc(S(=O)(=O)N2CCc3ccccc32)c1)c1ccccc1. The average Bonchev–Trinajstić information content (AvgIpc) is 3.49. The van der Waals surface area contributed by atoms with E-state index in [4.69, 9.17) is 0 Å². The lowest BCUT2D eigenvalue weighted by Crippen LogP contribution is -2.32. The Hall–Kier alpha value is -3.91. The number of carbonyl (C=O) groups is 1. The summed E-state index contributed by atoms with van der Waals surface area (Å²) in [6.07, 6.45) is 4.16. The second-order valence-corrected chi connectivity index (χ2v) is 10.1. The molecule has 1 aliphatic rings. The van der Waals surface area contributed by atoms with Gasteiger partial charge in [-0.25, -0.2) is 13.4 Å². The maximum absolute atomic E-state index is 13.4. The fraction of sp³-hybridized carbons (Fsp3) is 0.154. The van der Waals surface area contributed by atoms with Crippen LogP contribution in [0.4, 0.5) is 5.69 Å². The molecule has 34 heavy (non-hydrogen) atoms. The van der Waals surface area contributed by atoms with Crippen LogP contribution in [0.15, 0.2) is 96.2 Å². The Balaban J connectivity index is 1.45. The molecular formula is C26H24N4O3S. The number of hydrogen-bond acceptors (Lipinski definition) is 4. The predicted octanol–water partition coefficient (Wildman–Crippen LogP) is 3.69. The summed E-state index contributed by atoms with van der Waals surface area (Å²) < 4.78 is 30.1. The van der Waals surface area contributed by atoms with Crippen LogP contribution in [-0.4, -0.2) is 30.4 Å². The lowest BCUT2D eigenvalue weighted by molar-refractivity contribution is 0.0941. The van der Waals surface area contributed by atoms with Crippen molar-refractivity contribution in [1.29, 1.82) is 0 Å². The molecule has 2 heterocycles. The van der Waals surface area contributed by atoms with Crippen molar-refractivity contribution < 1.29 is 13.2 Å². The molecule has 3 aromatic carbocycles. The van der Waals surface area contributed by atoms with Crippen molar-refractivity contribution in [2.24, 2.45) is 7.05 Å². The van der Waals surface area contributed by atoms with Crippen LogP contribution in [0.3, 0.4) is 0 Å². The van der Waals surface area contributed by atoms with Crippen LogP contribution >= 0.6 is 0 Å². The first-order valence-electron chi connectivity index (χ1n) is 11.0. The Morgan fingerprint density at radius 1 is 1.00 bits per heavy atom. The van der Waals surface area contributed by atoms with E-state index in [9.17, 15) is 13.2 Å². The monoisotopic (exact) mass is 472 g/mol. The van der Waals surface area contributed by atoms with E-state index in [0.717, 1.165) is 11.1 Å². The molecule has 172 valence electrons. The molecule has 8 heteroatoms. The summed E-state index contributed by atoms with van der Waals surface area (Å²) in [6, 6.07) is 22.7. The predicted molar refractivity (Wildman–Crippen MR) is 130 cm³/mol. The van der Waals surface area contributed by atoms with E-state index in [-0.39, 0.29) is 16.4 Å².